The Balaban J connectivity index is 1.93. The molecule has 15 heavy (non-hydrogen) atoms. The molecule has 0 spiro atoms. The largest absolute Gasteiger partial charge is 0.300 e. The molecule has 2 fully saturated rings. The monoisotopic (exact) mass is 207 g/mol. The van der Waals surface area contributed by atoms with Gasteiger partial charge in [0.2, 0.25) is 0 Å². The van der Waals surface area contributed by atoms with Crippen molar-refractivity contribution in [3.63, 3.8) is 0 Å². The molecule has 2 bridgehead atoms. The molecule has 0 amide bonds. The zero-order valence-electron chi connectivity index (χ0n) is 9.74. The van der Waals surface area contributed by atoms with Crippen LogP contribution in [0.5, 0.6) is 0 Å². The van der Waals surface area contributed by atoms with Crippen molar-refractivity contribution in [2.45, 2.75) is 63.2 Å². The molecule has 0 aromatic carbocycles. The van der Waals surface area contributed by atoms with Gasteiger partial charge in [0.05, 0.1) is 12.1 Å². The summed E-state index contributed by atoms with van der Waals surface area (Å²) in [6, 6.07) is 4.33. The smallest absolute Gasteiger partial charge is 0.0926 e. The van der Waals surface area contributed by atoms with Crippen molar-refractivity contribution in [3.05, 3.63) is 0 Å². The van der Waals surface area contributed by atoms with Gasteiger partial charge >= 0.3 is 0 Å². The second-order valence-electron chi connectivity index (χ2n) is 5.09. The van der Waals surface area contributed by atoms with Gasteiger partial charge in [-0.25, -0.2) is 0 Å². The molecular formula is C12H21N3. The lowest BCUT2D eigenvalue weighted by Crippen LogP contribution is -2.55. The molecule has 0 aromatic heterocycles. The van der Waals surface area contributed by atoms with E-state index in [4.69, 9.17) is 5.26 Å². The lowest BCUT2D eigenvalue weighted by molar-refractivity contribution is 0.0477. The van der Waals surface area contributed by atoms with Crippen LogP contribution in [0.4, 0.5) is 0 Å². The van der Waals surface area contributed by atoms with Crippen LogP contribution >= 0.6 is 0 Å². The van der Waals surface area contributed by atoms with Gasteiger partial charge in [0.25, 0.3) is 0 Å². The number of nitrogens with zero attached hydrogens (tertiary/aromatic N) is 2. The van der Waals surface area contributed by atoms with E-state index in [1.54, 1.807) is 0 Å². The summed E-state index contributed by atoms with van der Waals surface area (Å²) < 4.78 is 0. The fourth-order valence-corrected chi connectivity index (χ4v) is 3.14. The molecule has 3 unspecified atom stereocenters. The summed E-state index contributed by atoms with van der Waals surface area (Å²) in [6.07, 6.45) is 6.51. The SMILES string of the molecule is CC(C#N)NC1CC2CCCC(C1)N2C. The highest BCUT2D eigenvalue weighted by atomic mass is 15.2. The number of rotatable bonds is 2. The molecule has 2 rings (SSSR count). The predicted octanol–water partition coefficient (Wildman–Crippen LogP) is 1.50. The maximum atomic E-state index is 8.80. The van der Waals surface area contributed by atoms with Crippen LogP contribution in [0, 0.1) is 11.3 Å². The van der Waals surface area contributed by atoms with Crippen molar-refractivity contribution in [1.82, 2.24) is 10.2 Å². The average molecular weight is 207 g/mol. The van der Waals surface area contributed by atoms with Crippen molar-refractivity contribution >= 4 is 0 Å². The topological polar surface area (TPSA) is 39.1 Å². The van der Waals surface area contributed by atoms with Crippen LogP contribution < -0.4 is 5.32 Å². The Bertz CT molecular complexity index is 244. The van der Waals surface area contributed by atoms with Gasteiger partial charge in [0.1, 0.15) is 0 Å². The quantitative estimate of drug-likeness (QED) is 0.746. The Morgan fingerprint density at radius 1 is 1.33 bits per heavy atom. The number of nitrogens with one attached hydrogen (secondary N) is 1. The zero-order chi connectivity index (χ0) is 10.8. The summed E-state index contributed by atoms with van der Waals surface area (Å²) >= 11 is 0. The first-order valence-electron chi connectivity index (χ1n) is 6.08. The number of fused-ring (bicyclic) bond motifs is 2. The van der Waals surface area contributed by atoms with Crippen LogP contribution in [-0.4, -0.2) is 36.1 Å². The second kappa shape index (κ2) is 4.51. The average Bonchev–Trinajstić information content (AvgIpc) is 2.19. The Kier molecular flexibility index (Phi) is 3.28. The lowest BCUT2D eigenvalue weighted by Gasteiger charge is -2.47. The minimum absolute atomic E-state index is 0.000803. The van der Waals surface area contributed by atoms with Gasteiger partial charge in [-0.05, 0) is 39.7 Å². The minimum Gasteiger partial charge on any atom is -0.300 e. The number of piperidine rings is 2. The summed E-state index contributed by atoms with van der Waals surface area (Å²) in [6.45, 7) is 1.95. The third kappa shape index (κ3) is 2.32. The first kappa shape index (κ1) is 10.9. The van der Waals surface area contributed by atoms with E-state index < -0.39 is 0 Å². The zero-order valence-corrected chi connectivity index (χ0v) is 9.74. The maximum Gasteiger partial charge on any atom is 0.0926 e. The Hall–Kier alpha value is -0.590. The highest BCUT2D eigenvalue weighted by molar-refractivity contribution is 4.96. The Labute approximate surface area is 92.4 Å². The van der Waals surface area contributed by atoms with Crippen molar-refractivity contribution in [2.24, 2.45) is 0 Å². The standard InChI is InChI=1S/C12H21N3/c1-9(8-13)14-10-6-11-4-3-5-12(7-10)15(11)2/h9-12,14H,3-7H2,1-2H3. The lowest BCUT2D eigenvalue weighted by atomic mass is 9.82. The van der Waals surface area contributed by atoms with Gasteiger partial charge in [0, 0.05) is 18.1 Å². The van der Waals surface area contributed by atoms with Crippen LogP contribution in [-0.2, 0) is 0 Å². The van der Waals surface area contributed by atoms with Gasteiger partial charge in [-0.1, -0.05) is 6.42 Å². The van der Waals surface area contributed by atoms with Crippen molar-refractivity contribution in [1.29, 1.82) is 5.26 Å². The molecule has 0 aliphatic carbocycles. The molecule has 0 aromatic rings. The molecular weight excluding hydrogens is 186 g/mol. The molecule has 2 aliphatic heterocycles. The van der Waals surface area contributed by atoms with E-state index in [2.05, 4.69) is 23.3 Å². The summed E-state index contributed by atoms with van der Waals surface area (Å²) in [7, 11) is 2.26. The van der Waals surface area contributed by atoms with Crippen molar-refractivity contribution in [3.8, 4) is 6.07 Å². The van der Waals surface area contributed by atoms with Crippen molar-refractivity contribution < 1.29 is 0 Å². The number of hydrogen-bond acceptors (Lipinski definition) is 3. The van der Waals surface area contributed by atoms with Crippen molar-refractivity contribution in [2.75, 3.05) is 7.05 Å². The first-order valence-corrected chi connectivity index (χ1v) is 6.08. The molecule has 3 heteroatoms. The first-order chi connectivity index (χ1) is 7.20. The van der Waals surface area contributed by atoms with E-state index in [0.29, 0.717) is 6.04 Å². The van der Waals surface area contributed by atoms with Gasteiger partial charge in [-0.15, -0.1) is 0 Å². The summed E-state index contributed by atoms with van der Waals surface area (Å²) in [4.78, 5) is 2.55. The van der Waals surface area contributed by atoms with E-state index in [1.165, 1.54) is 32.1 Å². The number of hydrogen-bond donors (Lipinski definition) is 1. The molecule has 1 N–H and O–H groups in total. The molecule has 2 saturated heterocycles. The van der Waals surface area contributed by atoms with Gasteiger partial charge in [0.15, 0.2) is 0 Å². The molecule has 3 atom stereocenters. The Morgan fingerprint density at radius 2 is 1.93 bits per heavy atom. The van der Waals surface area contributed by atoms with Gasteiger partial charge in [-0.2, -0.15) is 5.26 Å². The van der Waals surface area contributed by atoms with E-state index in [1.807, 2.05) is 6.92 Å². The third-order valence-corrected chi connectivity index (χ3v) is 4.02. The van der Waals surface area contributed by atoms with Crippen LogP contribution in [0.3, 0.4) is 0 Å². The maximum absolute atomic E-state index is 8.80. The summed E-state index contributed by atoms with van der Waals surface area (Å²) in [5.74, 6) is 0. The minimum atomic E-state index is -0.000803. The fourth-order valence-electron chi connectivity index (χ4n) is 3.14. The van der Waals surface area contributed by atoms with Gasteiger partial charge < -0.3 is 4.90 Å². The van der Waals surface area contributed by atoms with Crippen LogP contribution in [0.15, 0.2) is 0 Å². The predicted molar refractivity (Wildman–Crippen MR) is 60.4 cm³/mol. The van der Waals surface area contributed by atoms with E-state index in [9.17, 15) is 0 Å². The van der Waals surface area contributed by atoms with Crippen LogP contribution in [0.1, 0.15) is 39.0 Å². The van der Waals surface area contributed by atoms with E-state index in [-0.39, 0.29) is 6.04 Å². The van der Waals surface area contributed by atoms with Crippen LogP contribution in [0.2, 0.25) is 0 Å². The molecule has 2 aliphatic rings. The summed E-state index contributed by atoms with van der Waals surface area (Å²) in [5, 5.41) is 12.2. The molecule has 0 radical (unpaired) electrons. The van der Waals surface area contributed by atoms with E-state index in [0.717, 1.165) is 12.1 Å². The van der Waals surface area contributed by atoms with Crippen LogP contribution in [0.25, 0.3) is 0 Å². The molecule has 3 nitrogen and oxygen atoms in total. The molecule has 2 heterocycles. The highest BCUT2D eigenvalue weighted by Gasteiger charge is 2.35. The number of nitriles is 1. The van der Waals surface area contributed by atoms with Gasteiger partial charge in [-0.3, -0.25) is 5.32 Å². The fraction of sp³-hybridized carbons (Fsp3) is 0.917. The third-order valence-electron chi connectivity index (χ3n) is 4.02. The second-order valence-corrected chi connectivity index (χ2v) is 5.09. The highest BCUT2D eigenvalue weighted by Crippen LogP contribution is 2.32. The molecule has 84 valence electrons. The normalized spacial score (nSPS) is 38.3. The Morgan fingerprint density at radius 3 is 2.47 bits per heavy atom. The molecule has 0 saturated carbocycles. The van der Waals surface area contributed by atoms with E-state index >= 15 is 0 Å². The summed E-state index contributed by atoms with van der Waals surface area (Å²) in [5.41, 5.74) is 0.